The second kappa shape index (κ2) is 14.4. The van der Waals surface area contributed by atoms with E-state index in [0.29, 0.717) is 19.4 Å². The normalized spacial score (nSPS) is 12.0. The molecule has 0 aliphatic heterocycles. The average Bonchev–Trinajstić information content (AvgIpc) is 2.95. The van der Waals surface area contributed by atoms with Crippen LogP contribution in [0.4, 0.5) is 10.1 Å². The Hall–Kier alpha value is -3.72. The number of carbonyl (C=O) groups excluding carboxylic acids is 2. The van der Waals surface area contributed by atoms with Crippen LogP contribution in [0.15, 0.2) is 89.8 Å². The van der Waals surface area contributed by atoms with Gasteiger partial charge in [0.25, 0.3) is 10.0 Å². The van der Waals surface area contributed by atoms with Crippen LogP contribution >= 0.6 is 0 Å². The SMILES string of the molecule is CCCCNC(=O)[C@@H](CC)N(CCc1ccccc1)C(=O)CN(c1ccccc1F)S(=O)(=O)c1ccccc1. The molecule has 0 bridgehead atoms. The van der Waals surface area contributed by atoms with Crippen LogP contribution < -0.4 is 9.62 Å². The first-order valence-corrected chi connectivity index (χ1v) is 14.7. The van der Waals surface area contributed by atoms with Gasteiger partial charge in [-0.15, -0.1) is 0 Å². The summed E-state index contributed by atoms with van der Waals surface area (Å²) in [6.07, 6.45) is 2.51. The third kappa shape index (κ3) is 7.89. The van der Waals surface area contributed by atoms with Crippen LogP contribution in [0.25, 0.3) is 0 Å². The Bertz CT molecular complexity index is 1320. The van der Waals surface area contributed by atoms with E-state index >= 15 is 0 Å². The molecule has 7 nitrogen and oxygen atoms in total. The number of benzene rings is 3. The topological polar surface area (TPSA) is 86.8 Å². The van der Waals surface area contributed by atoms with Gasteiger partial charge in [-0.3, -0.25) is 13.9 Å². The van der Waals surface area contributed by atoms with Crippen molar-refractivity contribution in [2.75, 3.05) is 23.9 Å². The van der Waals surface area contributed by atoms with E-state index in [9.17, 15) is 22.4 Å². The second-order valence-corrected chi connectivity index (χ2v) is 11.0. The number of halogens is 1. The van der Waals surface area contributed by atoms with Gasteiger partial charge in [0.1, 0.15) is 18.4 Å². The molecule has 9 heteroatoms. The average molecular weight is 554 g/mol. The predicted molar refractivity (Wildman–Crippen MR) is 151 cm³/mol. The zero-order chi connectivity index (χ0) is 28.3. The smallest absolute Gasteiger partial charge is 0.264 e. The number of para-hydroxylation sites is 1. The second-order valence-electron chi connectivity index (χ2n) is 9.17. The van der Waals surface area contributed by atoms with Crippen LogP contribution in [0.1, 0.15) is 38.7 Å². The lowest BCUT2D eigenvalue weighted by Crippen LogP contribution is -2.53. The summed E-state index contributed by atoms with van der Waals surface area (Å²) in [5, 5.41) is 2.89. The van der Waals surface area contributed by atoms with Gasteiger partial charge in [0.05, 0.1) is 10.6 Å². The van der Waals surface area contributed by atoms with Gasteiger partial charge in [-0.2, -0.15) is 0 Å². The molecule has 0 aliphatic rings. The summed E-state index contributed by atoms with van der Waals surface area (Å²) < 4.78 is 43.1. The van der Waals surface area contributed by atoms with Crippen LogP contribution in [0.5, 0.6) is 0 Å². The number of anilines is 1. The van der Waals surface area contributed by atoms with E-state index in [0.717, 1.165) is 28.8 Å². The summed E-state index contributed by atoms with van der Waals surface area (Å²) in [5.74, 6) is -1.66. The Kier molecular flexibility index (Phi) is 11.0. The maximum Gasteiger partial charge on any atom is 0.264 e. The molecular formula is C30H36FN3O4S. The monoisotopic (exact) mass is 553 g/mol. The van der Waals surface area contributed by atoms with Gasteiger partial charge in [-0.25, -0.2) is 12.8 Å². The zero-order valence-corrected chi connectivity index (χ0v) is 23.2. The fourth-order valence-corrected chi connectivity index (χ4v) is 5.73. The van der Waals surface area contributed by atoms with E-state index in [2.05, 4.69) is 5.32 Å². The summed E-state index contributed by atoms with van der Waals surface area (Å²) in [6, 6.07) is 21.8. The zero-order valence-electron chi connectivity index (χ0n) is 22.4. The van der Waals surface area contributed by atoms with Crippen LogP contribution in [0.2, 0.25) is 0 Å². The molecule has 0 radical (unpaired) electrons. The fraction of sp³-hybridized carbons (Fsp3) is 0.333. The lowest BCUT2D eigenvalue weighted by molar-refractivity contribution is -0.139. The van der Waals surface area contributed by atoms with Crippen LogP contribution in [-0.2, 0) is 26.0 Å². The van der Waals surface area contributed by atoms with E-state index < -0.39 is 34.3 Å². The van der Waals surface area contributed by atoms with Gasteiger partial charge in [-0.05, 0) is 49.1 Å². The Morgan fingerprint density at radius 2 is 1.51 bits per heavy atom. The number of sulfonamides is 1. The minimum absolute atomic E-state index is 0.0683. The molecule has 39 heavy (non-hydrogen) atoms. The van der Waals surface area contributed by atoms with Crippen molar-refractivity contribution in [3.63, 3.8) is 0 Å². The van der Waals surface area contributed by atoms with E-state index in [4.69, 9.17) is 0 Å². The maximum absolute atomic E-state index is 14.9. The summed E-state index contributed by atoms with van der Waals surface area (Å²) in [6.45, 7) is 3.84. The number of hydrogen-bond donors (Lipinski definition) is 1. The Labute approximate surface area is 230 Å². The highest BCUT2D eigenvalue weighted by Crippen LogP contribution is 2.26. The molecule has 208 valence electrons. The third-order valence-electron chi connectivity index (χ3n) is 6.43. The Morgan fingerprint density at radius 3 is 2.13 bits per heavy atom. The number of nitrogens with one attached hydrogen (secondary N) is 1. The molecule has 0 heterocycles. The minimum Gasteiger partial charge on any atom is -0.354 e. The number of unbranched alkanes of at least 4 members (excludes halogenated alkanes) is 1. The first-order chi connectivity index (χ1) is 18.8. The standard InChI is InChI=1S/C30H36FN3O4S/c1-3-5-21-32-30(36)27(4-2)33(22-20-24-14-8-6-9-15-24)29(35)23-34(28-19-13-12-18-26(28)31)39(37,38)25-16-10-7-11-17-25/h6-19,27H,3-5,20-23H2,1-2H3,(H,32,36)/t27-/m1/s1. The molecular weight excluding hydrogens is 517 g/mol. The molecule has 0 aromatic heterocycles. The van der Waals surface area contributed by atoms with Crippen molar-refractivity contribution >= 4 is 27.5 Å². The lowest BCUT2D eigenvalue weighted by atomic mass is 10.1. The number of nitrogens with zero attached hydrogens (tertiary/aromatic N) is 2. The number of carbonyl (C=O) groups is 2. The molecule has 0 fully saturated rings. The number of hydrogen-bond acceptors (Lipinski definition) is 4. The number of rotatable bonds is 14. The maximum atomic E-state index is 14.9. The summed E-state index contributed by atoms with van der Waals surface area (Å²) >= 11 is 0. The quantitative estimate of drug-likeness (QED) is 0.291. The van der Waals surface area contributed by atoms with Gasteiger partial charge in [0.15, 0.2) is 0 Å². The fourth-order valence-electron chi connectivity index (χ4n) is 4.29. The van der Waals surface area contributed by atoms with E-state index in [-0.39, 0.29) is 23.0 Å². The highest BCUT2D eigenvalue weighted by atomic mass is 32.2. The van der Waals surface area contributed by atoms with Crippen molar-refractivity contribution in [3.8, 4) is 0 Å². The first-order valence-electron chi connectivity index (χ1n) is 13.2. The molecule has 2 amide bonds. The molecule has 3 aromatic rings. The lowest BCUT2D eigenvalue weighted by Gasteiger charge is -2.33. The van der Waals surface area contributed by atoms with Gasteiger partial charge in [0.2, 0.25) is 11.8 Å². The molecule has 1 atom stereocenters. The molecule has 0 saturated carbocycles. The van der Waals surface area contributed by atoms with Crippen molar-refractivity contribution in [2.45, 2.75) is 50.5 Å². The third-order valence-corrected chi connectivity index (χ3v) is 8.20. The van der Waals surface area contributed by atoms with Crippen LogP contribution in [0.3, 0.4) is 0 Å². The van der Waals surface area contributed by atoms with Crippen LogP contribution in [-0.4, -0.2) is 50.8 Å². The predicted octanol–water partition coefficient (Wildman–Crippen LogP) is 4.79. The largest absolute Gasteiger partial charge is 0.354 e. The van der Waals surface area contributed by atoms with Crippen molar-refractivity contribution in [3.05, 3.63) is 96.3 Å². The van der Waals surface area contributed by atoms with Gasteiger partial charge < -0.3 is 10.2 Å². The molecule has 0 aliphatic carbocycles. The van der Waals surface area contributed by atoms with E-state index in [1.165, 1.54) is 35.2 Å². The molecule has 0 unspecified atom stereocenters. The van der Waals surface area contributed by atoms with E-state index in [1.54, 1.807) is 18.2 Å². The summed E-state index contributed by atoms with van der Waals surface area (Å²) in [5.41, 5.74) is 0.734. The van der Waals surface area contributed by atoms with Gasteiger partial charge >= 0.3 is 0 Å². The summed E-state index contributed by atoms with van der Waals surface area (Å²) in [7, 11) is -4.30. The molecule has 0 spiro atoms. The van der Waals surface area contributed by atoms with E-state index in [1.807, 2.05) is 44.2 Å². The Morgan fingerprint density at radius 1 is 0.897 bits per heavy atom. The van der Waals surface area contributed by atoms with Gasteiger partial charge in [-0.1, -0.05) is 80.9 Å². The highest BCUT2D eigenvalue weighted by Gasteiger charge is 2.34. The van der Waals surface area contributed by atoms with Crippen molar-refractivity contribution < 1.29 is 22.4 Å². The van der Waals surface area contributed by atoms with Crippen molar-refractivity contribution in [1.82, 2.24) is 10.2 Å². The highest BCUT2D eigenvalue weighted by molar-refractivity contribution is 7.92. The van der Waals surface area contributed by atoms with Crippen molar-refractivity contribution in [2.24, 2.45) is 0 Å². The first kappa shape index (κ1) is 29.8. The molecule has 1 N–H and O–H groups in total. The number of amides is 2. The van der Waals surface area contributed by atoms with Crippen LogP contribution in [0, 0.1) is 5.82 Å². The Balaban J connectivity index is 1.98. The van der Waals surface area contributed by atoms with Gasteiger partial charge in [0, 0.05) is 13.1 Å². The molecule has 0 saturated heterocycles. The molecule has 3 rings (SSSR count). The minimum atomic E-state index is -4.30. The van der Waals surface area contributed by atoms with Crippen molar-refractivity contribution in [1.29, 1.82) is 0 Å². The molecule has 3 aromatic carbocycles. The summed E-state index contributed by atoms with van der Waals surface area (Å²) in [4.78, 5) is 28.4.